The Balaban J connectivity index is 1.25. The Bertz CT molecular complexity index is 1480. The summed E-state index contributed by atoms with van der Waals surface area (Å²) in [5.41, 5.74) is 3.01. The largest absolute Gasteiger partial charge is 0.408 e. The first kappa shape index (κ1) is 25.5. The first-order chi connectivity index (χ1) is 18.8. The van der Waals surface area contributed by atoms with Crippen LogP contribution in [0, 0.1) is 0 Å². The molecule has 0 spiro atoms. The van der Waals surface area contributed by atoms with E-state index in [0.717, 1.165) is 85.0 Å². The van der Waals surface area contributed by atoms with Gasteiger partial charge in [0.2, 0.25) is 0 Å². The molecule has 39 heavy (non-hydrogen) atoms. The molecule has 10 nitrogen and oxygen atoms in total. The van der Waals surface area contributed by atoms with Crippen molar-refractivity contribution in [2.24, 2.45) is 0 Å². The molecule has 1 amide bonds. The Morgan fingerprint density at radius 1 is 1.13 bits per heavy atom. The highest BCUT2D eigenvalue weighted by Crippen LogP contribution is 2.40. The maximum atomic E-state index is 13.3. The number of anilines is 2. The lowest BCUT2D eigenvalue weighted by Crippen LogP contribution is -2.30. The lowest BCUT2D eigenvalue weighted by molar-refractivity contribution is -0.162. The van der Waals surface area contributed by atoms with Gasteiger partial charge in [-0.1, -0.05) is 0 Å². The highest BCUT2D eigenvalue weighted by molar-refractivity contribution is 7.13. The number of thiazole rings is 1. The molecule has 1 unspecified atom stereocenters. The number of nitrogens with one attached hydrogen (secondary N) is 1. The molecule has 1 aliphatic carbocycles. The molecule has 0 radical (unpaired) electrons. The van der Waals surface area contributed by atoms with Crippen molar-refractivity contribution in [3.8, 4) is 16.5 Å². The number of carbonyl (C=O) groups is 1. The van der Waals surface area contributed by atoms with E-state index in [-0.39, 0.29) is 22.3 Å². The molecule has 1 aliphatic heterocycles. The zero-order chi connectivity index (χ0) is 27.1. The van der Waals surface area contributed by atoms with Gasteiger partial charge in [-0.25, -0.2) is 15.0 Å². The molecule has 204 valence electrons. The highest BCUT2D eigenvalue weighted by Gasteiger charge is 2.39. The lowest BCUT2D eigenvalue weighted by atomic mass is 10.1. The molecule has 1 saturated heterocycles. The number of rotatable bonds is 7. The molecule has 2 aliphatic rings. The summed E-state index contributed by atoms with van der Waals surface area (Å²) in [5, 5.41) is 11.9. The summed E-state index contributed by atoms with van der Waals surface area (Å²) in [4.78, 5) is 28.8. The van der Waals surface area contributed by atoms with Gasteiger partial charge in [0.1, 0.15) is 23.9 Å². The summed E-state index contributed by atoms with van der Waals surface area (Å²) >= 11 is 1.06. The Morgan fingerprint density at radius 2 is 1.92 bits per heavy atom. The molecule has 14 heteroatoms. The Labute approximate surface area is 225 Å². The van der Waals surface area contributed by atoms with Crippen LogP contribution >= 0.6 is 11.3 Å². The van der Waals surface area contributed by atoms with E-state index in [0.29, 0.717) is 5.92 Å². The zero-order valence-electron chi connectivity index (χ0n) is 21.1. The lowest BCUT2D eigenvalue weighted by Gasteiger charge is -2.30. The van der Waals surface area contributed by atoms with Gasteiger partial charge in [0.15, 0.2) is 10.8 Å². The molecule has 1 N–H and O–H groups in total. The van der Waals surface area contributed by atoms with Crippen LogP contribution in [0.25, 0.3) is 16.5 Å². The average molecular weight is 558 g/mol. The van der Waals surface area contributed by atoms with Crippen molar-refractivity contribution in [3.05, 3.63) is 47.9 Å². The molecule has 2 fully saturated rings. The van der Waals surface area contributed by atoms with Gasteiger partial charge in [0.05, 0.1) is 29.6 Å². The summed E-state index contributed by atoms with van der Waals surface area (Å²) in [6, 6.07) is -0.0823. The summed E-state index contributed by atoms with van der Waals surface area (Å²) < 4.78 is 42.6. The Kier molecular flexibility index (Phi) is 6.57. The minimum atomic E-state index is -4.47. The van der Waals surface area contributed by atoms with Crippen LogP contribution in [-0.2, 0) is 0 Å². The third-order valence-corrected chi connectivity index (χ3v) is 7.91. The molecule has 1 saturated carbocycles. The third-order valence-electron chi connectivity index (χ3n) is 7.07. The van der Waals surface area contributed by atoms with Crippen LogP contribution in [0.1, 0.15) is 67.2 Å². The van der Waals surface area contributed by atoms with Crippen molar-refractivity contribution in [1.82, 2.24) is 34.3 Å². The number of hydrogen-bond acceptors (Lipinski definition) is 8. The fourth-order valence-electron chi connectivity index (χ4n) is 4.66. The van der Waals surface area contributed by atoms with E-state index in [4.69, 9.17) is 0 Å². The first-order valence-corrected chi connectivity index (χ1v) is 13.7. The number of alkyl halides is 3. The number of piperidine rings is 1. The van der Waals surface area contributed by atoms with Crippen molar-refractivity contribution in [3.63, 3.8) is 0 Å². The number of aromatic nitrogens is 7. The predicted octanol–water partition coefficient (Wildman–Crippen LogP) is 5.23. The smallest absolute Gasteiger partial charge is 0.369 e. The monoisotopic (exact) mass is 557 g/mol. The van der Waals surface area contributed by atoms with Gasteiger partial charge in [-0.15, -0.1) is 21.5 Å². The fourth-order valence-corrected chi connectivity index (χ4v) is 5.40. The van der Waals surface area contributed by atoms with E-state index in [1.807, 2.05) is 10.8 Å². The van der Waals surface area contributed by atoms with Crippen LogP contribution in [0.5, 0.6) is 0 Å². The number of amides is 1. The number of hydrogen-bond donors (Lipinski definition) is 1. The van der Waals surface area contributed by atoms with Crippen LogP contribution in [0.4, 0.5) is 24.7 Å². The van der Waals surface area contributed by atoms with Crippen molar-refractivity contribution in [2.45, 2.75) is 57.2 Å². The summed E-state index contributed by atoms with van der Waals surface area (Å²) in [6.45, 7) is 2.86. The number of imidazole rings is 1. The second kappa shape index (κ2) is 10.1. The van der Waals surface area contributed by atoms with E-state index in [1.54, 1.807) is 24.0 Å². The van der Waals surface area contributed by atoms with Crippen LogP contribution in [0.15, 0.2) is 36.5 Å². The number of nitrogens with zero attached hydrogens (tertiary/aromatic N) is 8. The molecule has 5 heterocycles. The normalized spacial score (nSPS) is 16.9. The van der Waals surface area contributed by atoms with Gasteiger partial charge in [-0.05, 0) is 45.1 Å². The highest BCUT2D eigenvalue weighted by atomic mass is 32.1. The molecule has 1 atom stereocenters. The minimum Gasteiger partial charge on any atom is -0.369 e. The number of pyridine rings is 1. The van der Waals surface area contributed by atoms with Crippen LogP contribution < -0.4 is 10.2 Å². The molecular weight excluding hydrogens is 531 g/mol. The summed E-state index contributed by atoms with van der Waals surface area (Å²) in [6.07, 6.45) is 7.74. The average Bonchev–Trinajstić information content (AvgIpc) is 3.30. The second-order valence-electron chi connectivity index (χ2n) is 9.86. The van der Waals surface area contributed by atoms with Crippen LogP contribution in [0.3, 0.4) is 0 Å². The Hall–Kier alpha value is -3.81. The summed E-state index contributed by atoms with van der Waals surface area (Å²) in [7, 11) is 0. The quantitative estimate of drug-likeness (QED) is 0.332. The van der Waals surface area contributed by atoms with Crippen molar-refractivity contribution >= 4 is 28.7 Å². The van der Waals surface area contributed by atoms with Gasteiger partial charge in [-0.3, -0.25) is 9.36 Å². The van der Waals surface area contributed by atoms with E-state index in [9.17, 15) is 18.0 Å². The molecule has 4 aromatic heterocycles. The molecule has 0 bridgehead atoms. The SMILES string of the molecule is CC(n1cnnc1-c1nc(NC(=O)c2cc(-n3cnc(C4CC4)c3)c(N3CCCCC3)cn2)cs1)C(F)(F)F. The standard InChI is InChI=1S/C25H26F3N9OS/c1-15(25(26,27)28)37-14-31-34-22(37)24-33-21(12-39-24)32-23(38)17-9-19(36-11-18(30-13-36)16-5-6-16)20(10-29-17)35-7-3-2-4-8-35/h9-16H,2-8H2,1H3,(H,32,38). The van der Waals surface area contributed by atoms with Gasteiger partial charge in [0.25, 0.3) is 5.91 Å². The maximum Gasteiger partial charge on any atom is 0.408 e. The van der Waals surface area contributed by atoms with Gasteiger partial charge >= 0.3 is 6.18 Å². The van der Waals surface area contributed by atoms with Gasteiger partial charge < -0.3 is 14.8 Å². The van der Waals surface area contributed by atoms with E-state index in [2.05, 4.69) is 35.4 Å². The molecule has 0 aromatic carbocycles. The third kappa shape index (κ3) is 5.24. The van der Waals surface area contributed by atoms with Crippen molar-refractivity contribution < 1.29 is 18.0 Å². The summed E-state index contributed by atoms with van der Waals surface area (Å²) in [5.74, 6) is 0.184. The van der Waals surface area contributed by atoms with Crippen LogP contribution in [-0.4, -0.2) is 59.5 Å². The predicted molar refractivity (Wildman–Crippen MR) is 139 cm³/mol. The fraction of sp³-hybridized carbons (Fsp3) is 0.440. The van der Waals surface area contributed by atoms with Gasteiger partial charge in [-0.2, -0.15) is 13.2 Å². The molecule has 4 aromatic rings. The molecular formula is C25H26F3N9OS. The zero-order valence-corrected chi connectivity index (χ0v) is 21.9. The second-order valence-corrected chi connectivity index (χ2v) is 10.7. The first-order valence-electron chi connectivity index (χ1n) is 12.8. The minimum absolute atomic E-state index is 0.0248. The van der Waals surface area contributed by atoms with Crippen molar-refractivity contribution in [2.75, 3.05) is 23.3 Å². The van der Waals surface area contributed by atoms with E-state index >= 15 is 0 Å². The van der Waals surface area contributed by atoms with Crippen molar-refractivity contribution in [1.29, 1.82) is 0 Å². The number of halogens is 3. The maximum absolute atomic E-state index is 13.3. The molecule has 6 rings (SSSR count). The topological polar surface area (TPSA) is 107 Å². The van der Waals surface area contributed by atoms with Gasteiger partial charge in [0, 0.05) is 30.6 Å². The Morgan fingerprint density at radius 3 is 2.67 bits per heavy atom. The van der Waals surface area contributed by atoms with Crippen LogP contribution in [0.2, 0.25) is 0 Å². The van der Waals surface area contributed by atoms with E-state index < -0.39 is 18.1 Å². The van der Waals surface area contributed by atoms with E-state index in [1.165, 1.54) is 6.42 Å². The number of carbonyl (C=O) groups excluding carboxylic acids is 1.